The highest BCUT2D eigenvalue weighted by Gasteiger charge is 2.14. The molecular weight excluding hydrogens is 282 g/mol. The van der Waals surface area contributed by atoms with Crippen molar-refractivity contribution in [1.29, 1.82) is 0 Å². The van der Waals surface area contributed by atoms with Gasteiger partial charge >= 0.3 is 0 Å². The summed E-state index contributed by atoms with van der Waals surface area (Å²) in [5.41, 5.74) is 1.67. The van der Waals surface area contributed by atoms with Gasteiger partial charge < -0.3 is 9.73 Å². The van der Waals surface area contributed by atoms with Crippen molar-refractivity contribution >= 4 is 5.91 Å². The highest BCUT2D eigenvalue weighted by Crippen LogP contribution is 2.18. The van der Waals surface area contributed by atoms with E-state index < -0.39 is 0 Å². The molecule has 2 aromatic rings. The summed E-state index contributed by atoms with van der Waals surface area (Å²) in [6, 6.07) is 1.88. The molecule has 22 heavy (non-hydrogen) atoms. The van der Waals surface area contributed by atoms with E-state index in [1.165, 1.54) is 0 Å². The van der Waals surface area contributed by atoms with Crippen molar-refractivity contribution in [1.82, 2.24) is 25.3 Å². The monoisotopic (exact) mass is 305 g/mol. The molecular formula is C15H23N5O2. The van der Waals surface area contributed by atoms with E-state index in [2.05, 4.69) is 34.5 Å². The van der Waals surface area contributed by atoms with E-state index in [1.54, 1.807) is 4.68 Å². The van der Waals surface area contributed by atoms with E-state index in [1.807, 2.05) is 20.0 Å². The van der Waals surface area contributed by atoms with Crippen LogP contribution in [0.15, 0.2) is 10.5 Å². The van der Waals surface area contributed by atoms with Gasteiger partial charge in [-0.3, -0.25) is 9.48 Å². The minimum absolute atomic E-state index is 0.0109. The predicted molar refractivity (Wildman–Crippen MR) is 82.0 cm³/mol. The maximum Gasteiger partial charge on any atom is 0.265 e. The Morgan fingerprint density at radius 2 is 2.18 bits per heavy atom. The van der Waals surface area contributed by atoms with E-state index in [9.17, 15) is 4.79 Å². The van der Waals surface area contributed by atoms with E-state index in [0.29, 0.717) is 37.1 Å². The lowest BCUT2D eigenvalue weighted by atomic mass is 10.1. The maximum absolute atomic E-state index is 11.7. The summed E-state index contributed by atoms with van der Waals surface area (Å²) < 4.78 is 7.29. The summed E-state index contributed by atoms with van der Waals surface area (Å²) in [5, 5.41) is 15.1. The molecule has 0 aliphatic rings. The summed E-state index contributed by atoms with van der Waals surface area (Å²) in [5.74, 6) is 1.49. The molecule has 7 heteroatoms. The first-order valence-corrected chi connectivity index (χ1v) is 7.55. The van der Waals surface area contributed by atoms with Crippen LogP contribution in [0.1, 0.15) is 38.3 Å². The second kappa shape index (κ2) is 7.20. The molecule has 0 unspecified atom stereocenters. The molecule has 0 saturated heterocycles. The first-order chi connectivity index (χ1) is 10.5. The third kappa shape index (κ3) is 4.41. The molecule has 0 bridgehead atoms. The average Bonchev–Trinajstić information content (AvgIpc) is 3.02. The Balaban J connectivity index is 1.85. The maximum atomic E-state index is 11.7. The molecule has 0 aliphatic heterocycles. The standard InChI is InChI=1S/C15H23N5O2/c1-10(2)7-8-16-13(21)5-6-14-17-18-15(22-14)12-9-11(3)19-20(12)4/h9-10H,5-8H2,1-4H3,(H,16,21). The number of hydrogen-bond donors (Lipinski definition) is 1. The van der Waals surface area contributed by atoms with Gasteiger partial charge in [0.2, 0.25) is 11.8 Å². The van der Waals surface area contributed by atoms with Gasteiger partial charge in [-0.15, -0.1) is 10.2 Å². The minimum atomic E-state index is 0.0109. The number of carbonyl (C=O) groups excluding carboxylic acids is 1. The highest BCUT2D eigenvalue weighted by atomic mass is 16.4. The summed E-state index contributed by atoms with van der Waals surface area (Å²) in [6.45, 7) is 6.88. The zero-order chi connectivity index (χ0) is 16.1. The van der Waals surface area contributed by atoms with Gasteiger partial charge in [0.25, 0.3) is 5.89 Å². The van der Waals surface area contributed by atoms with Crippen molar-refractivity contribution in [3.05, 3.63) is 17.7 Å². The number of carbonyl (C=O) groups is 1. The zero-order valence-electron chi connectivity index (χ0n) is 13.6. The van der Waals surface area contributed by atoms with Gasteiger partial charge in [-0.25, -0.2) is 0 Å². The second-order valence-corrected chi connectivity index (χ2v) is 5.83. The van der Waals surface area contributed by atoms with Crippen molar-refractivity contribution in [2.75, 3.05) is 6.54 Å². The lowest BCUT2D eigenvalue weighted by molar-refractivity contribution is -0.121. The number of aryl methyl sites for hydroxylation is 3. The number of aromatic nitrogens is 4. The van der Waals surface area contributed by atoms with E-state index in [0.717, 1.165) is 17.8 Å². The van der Waals surface area contributed by atoms with Crippen molar-refractivity contribution in [2.24, 2.45) is 13.0 Å². The summed E-state index contributed by atoms with van der Waals surface area (Å²) in [7, 11) is 1.83. The molecule has 0 spiro atoms. The largest absolute Gasteiger partial charge is 0.419 e. The van der Waals surface area contributed by atoms with Crippen molar-refractivity contribution in [2.45, 2.75) is 40.0 Å². The van der Waals surface area contributed by atoms with Crippen LogP contribution in [0.25, 0.3) is 11.6 Å². The molecule has 2 aromatic heterocycles. The Morgan fingerprint density at radius 1 is 1.41 bits per heavy atom. The van der Waals surface area contributed by atoms with E-state index in [-0.39, 0.29) is 5.91 Å². The Morgan fingerprint density at radius 3 is 2.82 bits per heavy atom. The van der Waals surface area contributed by atoms with Gasteiger partial charge in [0.15, 0.2) is 0 Å². The molecule has 0 atom stereocenters. The van der Waals surface area contributed by atoms with Gasteiger partial charge in [-0.05, 0) is 25.3 Å². The molecule has 0 saturated carbocycles. The fraction of sp³-hybridized carbons (Fsp3) is 0.600. The Bertz CT molecular complexity index is 630. The average molecular weight is 305 g/mol. The number of hydrogen-bond acceptors (Lipinski definition) is 5. The Kier molecular flexibility index (Phi) is 5.30. The molecule has 7 nitrogen and oxygen atoms in total. The molecule has 0 fully saturated rings. The Hall–Kier alpha value is -2.18. The fourth-order valence-corrected chi connectivity index (χ4v) is 2.08. The normalized spacial score (nSPS) is 11.1. The molecule has 2 heterocycles. The van der Waals surface area contributed by atoms with Gasteiger partial charge in [0.1, 0.15) is 5.69 Å². The third-order valence-electron chi connectivity index (χ3n) is 3.30. The summed E-state index contributed by atoms with van der Waals surface area (Å²) in [4.78, 5) is 11.7. The first-order valence-electron chi connectivity index (χ1n) is 7.55. The van der Waals surface area contributed by atoms with Crippen molar-refractivity contribution in [3.8, 4) is 11.6 Å². The zero-order valence-corrected chi connectivity index (χ0v) is 13.6. The number of nitrogens with zero attached hydrogens (tertiary/aromatic N) is 4. The molecule has 0 radical (unpaired) electrons. The Labute approximate surface area is 130 Å². The van der Waals surface area contributed by atoms with E-state index in [4.69, 9.17) is 4.42 Å². The highest BCUT2D eigenvalue weighted by molar-refractivity contribution is 5.75. The molecule has 0 aromatic carbocycles. The smallest absolute Gasteiger partial charge is 0.265 e. The molecule has 2 rings (SSSR count). The van der Waals surface area contributed by atoms with Crippen LogP contribution >= 0.6 is 0 Å². The lowest BCUT2D eigenvalue weighted by Crippen LogP contribution is -2.25. The van der Waals surface area contributed by atoms with Crippen LogP contribution in [0.5, 0.6) is 0 Å². The van der Waals surface area contributed by atoms with Crippen LogP contribution in [-0.4, -0.2) is 32.4 Å². The molecule has 1 amide bonds. The van der Waals surface area contributed by atoms with Gasteiger partial charge in [-0.2, -0.15) is 5.10 Å². The van der Waals surface area contributed by atoms with Gasteiger partial charge in [0, 0.05) is 26.4 Å². The van der Waals surface area contributed by atoms with Crippen molar-refractivity contribution in [3.63, 3.8) is 0 Å². The van der Waals surface area contributed by atoms with Gasteiger partial charge in [-0.1, -0.05) is 13.8 Å². The SMILES string of the molecule is Cc1cc(-c2nnc(CCC(=O)NCCC(C)C)o2)n(C)n1. The summed E-state index contributed by atoms with van der Waals surface area (Å²) >= 11 is 0. The fourth-order valence-electron chi connectivity index (χ4n) is 2.08. The minimum Gasteiger partial charge on any atom is -0.419 e. The number of nitrogens with one attached hydrogen (secondary N) is 1. The second-order valence-electron chi connectivity index (χ2n) is 5.83. The van der Waals surface area contributed by atoms with Crippen LogP contribution in [0.2, 0.25) is 0 Å². The van der Waals surface area contributed by atoms with Crippen LogP contribution < -0.4 is 5.32 Å². The van der Waals surface area contributed by atoms with Crippen LogP contribution in [0, 0.1) is 12.8 Å². The van der Waals surface area contributed by atoms with E-state index >= 15 is 0 Å². The van der Waals surface area contributed by atoms with Crippen LogP contribution in [0.3, 0.4) is 0 Å². The predicted octanol–water partition coefficient (Wildman–Crippen LogP) is 1.87. The quantitative estimate of drug-likeness (QED) is 0.844. The van der Waals surface area contributed by atoms with Crippen LogP contribution in [-0.2, 0) is 18.3 Å². The molecule has 1 N–H and O–H groups in total. The molecule has 0 aliphatic carbocycles. The van der Waals surface area contributed by atoms with Crippen LogP contribution in [0.4, 0.5) is 0 Å². The first kappa shape index (κ1) is 16.2. The van der Waals surface area contributed by atoms with Crippen molar-refractivity contribution < 1.29 is 9.21 Å². The summed E-state index contributed by atoms with van der Waals surface area (Å²) in [6.07, 6.45) is 1.78. The molecule has 120 valence electrons. The third-order valence-corrected chi connectivity index (χ3v) is 3.30. The van der Waals surface area contributed by atoms with Gasteiger partial charge in [0.05, 0.1) is 5.69 Å². The number of rotatable bonds is 7. The number of amides is 1. The topological polar surface area (TPSA) is 85.8 Å². The lowest BCUT2D eigenvalue weighted by Gasteiger charge is -2.06.